The SMILES string of the molecule is O=[N+]([O-])c1cc(S(=O)(=O)N2CCCC2)ccc1NCc1ccc2c(c1)OCO2. The fraction of sp³-hybridized carbons (Fsp3) is 0.333. The topological polar surface area (TPSA) is 111 Å². The summed E-state index contributed by atoms with van der Waals surface area (Å²) in [5, 5.41) is 14.5. The molecule has 0 aromatic heterocycles. The maximum Gasteiger partial charge on any atom is 0.293 e. The van der Waals surface area contributed by atoms with Crippen molar-refractivity contribution < 1.29 is 22.8 Å². The molecule has 0 bridgehead atoms. The number of sulfonamides is 1. The van der Waals surface area contributed by atoms with Crippen molar-refractivity contribution in [3.05, 3.63) is 52.1 Å². The van der Waals surface area contributed by atoms with Gasteiger partial charge in [-0.15, -0.1) is 0 Å². The Bertz CT molecular complexity index is 1020. The van der Waals surface area contributed by atoms with Gasteiger partial charge in [0, 0.05) is 25.7 Å². The molecule has 1 saturated heterocycles. The zero-order chi connectivity index (χ0) is 19.7. The number of rotatable bonds is 6. The summed E-state index contributed by atoms with van der Waals surface area (Å²) < 4.78 is 37.3. The Morgan fingerprint density at radius 1 is 1.07 bits per heavy atom. The molecule has 0 saturated carbocycles. The molecule has 2 aliphatic heterocycles. The summed E-state index contributed by atoms with van der Waals surface area (Å²) in [6.45, 7) is 1.38. The molecule has 2 heterocycles. The van der Waals surface area contributed by atoms with Crippen molar-refractivity contribution in [2.24, 2.45) is 0 Å². The van der Waals surface area contributed by atoms with Gasteiger partial charge in [-0.3, -0.25) is 10.1 Å². The quantitative estimate of drug-likeness (QED) is 0.581. The van der Waals surface area contributed by atoms with Crippen molar-refractivity contribution in [2.45, 2.75) is 24.3 Å². The third kappa shape index (κ3) is 3.48. The molecule has 0 unspecified atom stereocenters. The van der Waals surface area contributed by atoms with E-state index >= 15 is 0 Å². The number of nitrogens with zero attached hydrogens (tertiary/aromatic N) is 2. The van der Waals surface area contributed by atoms with E-state index in [1.807, 2.05) is 6.07 Å². The molecule has 2 aromatic rings. The summed E-state index contributed by atoms with van der Waals surface area (Å²) in [7, 11) is -3.71. The molecular formula is C18H19N3O6S. The van der Waals surface area contributed by atoms with Gasteiger partial charge in [-0.25, -0.2) is 8.42 Å². The number of ether oxygens (including phenoxy) is 2. The zero-order valence-corrected chi connectivity index (χ0v) is 15.8. The van der Waals surface area contributed by atoms with E-state index in [2.05, 4.69) is 5.32 Å². The first-order chi connectivity index (χ1) is 13.4. The van der Waals surface area contributed by atoms with Crippen molar-refractivity contribution in [1.29, 1.82) is 0 Å². The molecule has 0 atom stereocenters. The minimum absolute atomic E-state index is 0.0604. The van der Waals surface area contributed by atoms with Crippen molar-refractivity contribution in [2.75, 3.05) is 25.2 Å². The molecule has 1 fully saturated rings. The summed E-state index contributed by atoms with van der Waals surface area (Å²) in [5.74, 6) is 1.28. The smallest absolute Gasteiger partial charge is 0.293 e. The molecule has 0 spiro atoms. The summed E-state index contributed by atoms with van der Waals surface area (Å²) in [6, 6.07) is 9.37. The van der Waals surface area contributed by atoms with Crippen LogP contribution in [-0.2, 0) is 16.6 Å². The first kappa shape index (κ1) is 18.5. The number of hydrogen-bond acceptors (Lipinski definition) is 7. The Hall–Kier alpha value is -2.85. The van der Waals surface area contributed by atoms with E-state index in [1.165, 1.54) is 16.4 Å². The van der Waals surface area contributed by atoms with Gasteiger partial charge in [0.05, 0.1) is 9.82 Å². The predicted octanol–water partition coefficient (Wildman–Crippen LogP) is 2.72. The van der Waals surface area contributed by atoms with Crippen molar-refractivity contribution in [3.8, 4) is 11.5 Å². The average Bonchev–Trinajstić information content (AvgIpc) is 3.37. The van der Waals surface area contributed by atoms with Crippen LogP contribution in [0.4, 0.5) is 11.4 Å². The van der Waals surface area contributed by atoms with Crippen LogP contribution in [0.3, 0.4) is 0 Å². The van der Waals surface area contributed by atoms with Gasteiger partial charge in [-0.05, 0) is 42.7 Å². The minimum atomic E-state index is -3.71. The predicted molar refractivity (Wildman–Crippen MR) is 101 cm³/mol. The van der Waals surface area contributed by atoms with Crippen LogP contribution in [0.2, 0.25) is 0 Å². The van der Waals surface area contributed by atoms with E-state index < -0.39 is 14.9 Å². The van der Waals surface area contributed by atoms with Crippen molar-refractivity contribution in [3.63, 3.8) is 0 Å². The molecule has 28 heavy (non-hydrogen) atoms. The number of nitrogens with one attached hydrogen (secondary N) is 1. The lowest BCUT2D eigenvalue weighted by Crippen LogP contribution is -2.27. The fourth-order valence-corrected chi connectivity index (χ4v) is 4.84. The summed E-state index contributed by atoms with van der Waals surface area (Å²) in [4.78, 5) is 10.9. The van der Waals surface area contributed by atoms with E-state index in [0.717, 1.165) is 24.5 Å². The molecule has 148 valence electrons. The highest BCUT2D eigenvalue weighted by atomic mass is 32.2. The second-order valence-electron chi connectivity index (χ2n) is 6.59. The van der Waals surface area contributed by atoms with Gasteiger partial charge in [0.1, 0.15) is 5.69 Å². The van der Waals surface area contributed by atoms with E-state index in [-0.39, 0.29) is 23.1 Å². The third-order valence-corrected chi connectivity index (χ3v) is 6.68. The van der Waals surface area contributed by atoms with Crippen molar-refractivity contribution in [1.82, 2.24) is 4.31 Å². The number of benzene rings is 2. The standard InChI is InChI=1S/C18H19N3O6S/c22-21(23)16-10-14(28(24,25)20-7-1-2-8-20)4-5-15(16)19-11-13-3-6-17-18(9-13)27-12-26-17/h3-6,9-10,19H,1-2,7-8,11-12H2. The summed E-state index contributed by atoms with van der Waals surface area (Å²) >= 11 is 0. The molecule has 0 aliphatic carbocycles. The van der Waals surface area contributed by atoms with Crippen LogP contribution in [0.15, 0.2) is 41.3 Å². The summed E-state index contributed by atoms with van der Waals surface area (Å²) in [6.07, 6.45) is 1.60. The van der Waals surface area contributed by atoms with Crippen LogP contribution >= 0.6 is 0 Å². The van der Waals surface area contributed by atoms with Crippen LogP contribution in [0.25, 0.3) is 0 Å². The molecule has 2 aliphatic rings. The minimum Gasteiger partial charge on any atom is -0.454 e. The first-order valence-electron chi connectivity index (χ1n) is 8.86. The Morgan fingerprint density at radius 2 is 1.82 bits per heavy atom. The molecule has 2 aromatic carbocycles. The van der Waals surface area contributed by atoms with Crippen LogP contribution in [0, 0.1) is 10.1 Å². The van der Waals surface area contributed by atoms with E-state index in [0.29, 0.717) is 31.1 Å². The van der Waals surface area contributed by atoms with Gasteiger partial charge in [0.15, 0.2) is 11.5 Å². The van der Waals surface area contributed by atoms with E-state index in [9.17, 15) is 18.5 Å². The second-order valence-corrected chi connectivity index (χ2v) is 8.53. The van der Waals surface area contributed by atoms with E-state index in [1.54, 1.807) is 12.1 Å². The maximum atomic E-state index is 12.7. The molecule has 10 heteroatoms. The first-order valence-corrected chi connectivity index (χ1v) is 10.3. The highest BCUT2D eigenvalue weighted by Crippen LogP contribution is 2.34. The average molecular weight is 405 g/mol. The Kier molecular flexibility index (Phi) is 4.82. The van der Waals surface area contributed by atoms with Crippen molar-refractivity contribution >= 4 is 21.4 Å². The lowest BCUT2D eigenvalue weighted by atomic mass is 10.2. The van der Waals surface area contributed by atoms with Gasteiger partial charge in [0.2, 0.25) is 16.8 Å². The molecule has 9 nitrogen and oxygen atoms in total. The highest BCUT2D eigenvalue weighted by molar-refractivity contribution is 7.89. The van der Waals surface area contributed by atoms with Gasteiger partial charge in [-0.2, -0.15) is 4.31 Å². The van der Waals surface area contributed by atoms with E-state index in [4.69, 9.17) is 9.47 Å². The zero-order valence-electron chi connectivity index (χ0n) is 15.0. The largest absolute Gasteiger partial charge is 0.454 e. The van der Waals surface area contributed by atoms with Gasteiger partial charge in [-0.1, -0.05) is 6.07 Å². The van der Waals surface area contributed by atoms with Gasteiger partial charge >= 0.3 is 0 Å². The lowest BCUT2D eigenvalue weighted by Gasteiger charge is -2.16. The fourth-order valence-electron chi connectivity index (χ4n) is 3.30. The molecule has 4 rings (SSSR count). The van der Waals surface area contributed by atoms with Crippen LogP contribution in [0.5, 0.6) is 11.5 Å². The number of fused-ring (bicyclic) bond motifs is 1. The number of nitro groups is 1. The third-order valence-electron chi connectivity index (χ3n) is 4.79. The number of hydrogen-bond donors (Lipinski definition) is 1. The maximum absolute atomic E-state index is 12.7. The Morgan fingerprint density at radius 3 is 2.57 bits per heavy atom. The molecule has 0 radical (unpaired) electrons. The molecule has 1 N–H and O–H groups in total. The summed E-state index contributed by atoms with van der Waals surface area (Å²) in [5.41, 5.74) is 0.830. The highest BCUT2D eigenvalue weighted by Gasteiger charge is 2.29. The van der Waals surface area contributed by atoms with Crippen LogP contribution in [0.1, 0.15) is 18.4 Å². The van der Waals surface area contributed by atoms with Crippen LogP contribution < -0.4 is 14.8 Å². The molecule has 0 amide bonds. The number of nitro benzene ring substituents is 1. The van der Waals surface area contributed by atoms with Crippen LogP contribution in [-0.4, -0.2) is 37.5 Å². The monoisotopic (exact) mass is 405 g/mol. The number of anilines is 1. The van der Waals surface area contributed by atoms with Gasteiger partial charge < -0.3 is 14.8 Å². The second kappa shape index (κ2) is 7.28. The molecular weight excluding hydrogens is 386 g/mol. The normalized spacial score (nSPS) is 16.3. The van der Waals surface area contributed by atoms with Gasteiger partial charge in [0.25, 0.3) is 5.69 Å². The Balaban J connectivity index is 1.56. The lowest BCUT2D eigenvalue weighted by molar-refractivity contribution is -0.384. The Labute approximate surface area is 162 Å².